The highest BCUT2D eigenvalue weighted by Gasteiger charge is 2.10. The molecule has 0 spiro atoms. The van der Waals surface area contributed by atoms with Gasteiger partial charge in [-0.2, -0.15) is 0 Å². The van der Waals surface area contributed by atoms with Crippen LogP contribution in [0.2, 0.25) is 0 Å². The smallest absolute Gasteiger partial charge is 0.0343 e. The van der Waals surface area contributed by atoms with E-state index in [0.29, 0.717) is 0 Å². The van der Waals surface area contributed by atoms with E-state index >= 15 is 0 Å². The molecule has 2 heteroatoms. The first-order valence-corrected chi connectivity index (χ1v) is 6.93. The van der Waals surface area contributed by atoms with Crippen molar-refractivity contribution in [1.82, 2.24) is 4.90 Å². The molecule has 2 nitrogen and oxygen atoms in total. The van der Waals surface area contributed by atoms with Crippen LogP contribution < -0.4 is 5.32 Å². The molecular formula is C15H24N2. The zero-order chi connectivity index (χ0) is 11.9. The molecule has 1 aliphatic rings. The Balaban J connectivity index is 1.90. The van der Waals surface area contributed by atoms with Gasteiger partial charge in [0.25, 0.3) is 0 Å². The summed E-state index contributed by atoms with van der Waals surface area (Å²) in [5.74, 6) is 0. The van der Waals surface area contributed by atoms with Crippen LogP contribution in [-0.4, -0.2) is 24.5 Å². The van der Waals surface area contributed by atoms with Crippen molar-refractivity contribution >= 4 is 5.69 Å². The zero-order valence-electron chi connectivity index (χ0n) is 10.9. The largest absolute Gasteiger partial charge is 0.385 e. The van der Waals surface area contributed by atoms with Gasteiger partial charge in [0.15, 0.2) is 0 Å². The maximum Gasteiger partial charge on any atom is 0.0343 e. The lowest BCUT2D eigenvalue weighted by Crippen LogP contribution is -2.29. The third-order valence-corrected chi connectivity index (χ3v) is 3.36. The van der Waals surface area contributed by atoms with Crippen LogP contribution in [0.3, 0.4) is 0 Å². The number of piperidine rings is 1. The average Bonchev–Trinajstić information content (AvgIpc) is 2.38. The Morgan fingerprint density at radius 1 is 1.18 bits per heavy atom. The first-order valence-electron chi connectivity index (χ1n) is 6.93. The number of nitrogens with zero attached hydrogens (tertiary/aromatic N) is 1. The third-order valence-electron chi connectivity index (χ3n) is 3.36. The quantitative estimate of drug-likeness (QED) is 0.836. The Hall–Kier alpha value is -1.02. The maximum absolute atomic E-state index is 3.45. The maximum atomic E-state index is 3.45. The van der Waals surface area contributed by atoms with E-state index in [9.17, 15) is 0 Å². The molecule has 1 heterocycles. The molecule has 0 amide bonds. The molecule has 0 radical (unpaired) electrons. The SMILES string of the molecule is CCCNc1cccc(CN2CCCCC2)c1. The fourth-order valence-electron chi connectivity index (χ4n) is 2.42. The number of likely N-dealkylation sites (tertiary alicyclic amines) is 1. The van der Waals surface area contributed by atoms with E-state index in [1.807, 2.05) is 0 Å². The van der Waals surface area contributed by atoms with E-state index in [2.05, 4.69) is 41.4 Å². The van der Waals surface area contributed by atoms with Gasteiger partial charge in [-0.15, -0.1) is 0 Å². The summed E-state index contributed by atoms with van der Waals surface area (Å²) in [7, 11) is 0. The molecule has 1 saturated heterocycles. The molecule has 17 heavy (non-hydrogen) atoms. The molecule has 0 bridgehead atoms. The van der Waals surface area contributed by atoms with Gasteiger partial charge in [-0.1, -0.05) is 25.5 Å². The minimum absolute atomic E-state index is 1.06. The topological polar surface area (TPSA) is 15.3 Å². The summed E-state index contributed by atoms with van der Waals surface area (Å²) in [4.78, 5) is 2.57. The van der Waals surface area contributed by atoms with Gasteiger partial charge in [0, 0.05) is 18.8 Å². The van der Waals surface area contributed by atoms with Crippen molar-refractivity contribution in [1.29, 1.82) is 0 Å². The van der Waals surface area contributed by atoms with E-state index in [0.717, 1.165) is 13.1 Å². The summed E-state index contributed by atoms with van der Waals surface area (Å²) in [6, 6.07) is 8.86. The summed E-state index contributed by atoms with van der Waals surface area (Å²) in [5.41, 5.74) is 2.70. The molecule has 1 N–H and O–H groups in total. The van der Waals surface area contributed by atoms with Gasteiger partial charge in [0.2, 0.25) is 0 Å². The molecule has 0 atom stereocenters. The normalized spacial score (nSPS) is 17.0. The molecular weight excluding hydrogens is 208 g/mol. The van der Waals surface area contributed by atoms with Crippen molar-refractivity contribution in [2.24, 2.45) is 0 Å². The van der Waals surface area contributed by atoms with Gasteiger partial charge < -0.3 is 5.32 Å². The lowest BCUT2D eigenvalue weighted by molar-refractivity contribution is 0.221. The fourth-order valence-corrected chi connectivity index (χ4v) is 2.42. The van der Waals surface area contributed by atoms with Crippen LogP contribution in [0.25, 0.3) is 0 Å². The van der Waals surface area contributed by atoms with E-state index < -0.39 is 0 Å². The van der Waals surface area contributed by atoms with Gasteiger partial charge in [0.05, 0.1) is 0 Å². The van der Waals surface area contributed by atoms with Crippen molar-refractivity contribution in [3.05, 3.63) is 29.8 Å². The molecule has 1 aromatic carbocycles. The van der Waals surface area contributed by atoms with Crippen LogP contribution in [0.15, 0.2) is 24.3 Å². The van der Waals surface area contributed by atoms with Crippen molar-refractivity contribution < 1.29 is 0 Å². The van der Waals surface area contributed by atoms with Crippen molar-refractivity contribution in [3.8, 4) is 0 Å². The number of benzene rings is 1. The minimum atomic E-state index is 1.06. The lowest BCUT2D eigenvalue weighted by Gasteiger charge is -2.26. The zero-order valence-corrected chi connectivity index (χ0v) is 10.9. The Morgan fingerprint density at radius 3 is 2.76 bits per heavy atom. The molecule has 2 rings (SSSR count). The number of rotatable bonds is 5. The first kappa shape index (κ1) is 12.4. The Morgan fingerprint density at radius 2 is 2.00 bits per heavy atom. The van der Waals surface area contributed by atoms with E-state index in [1.54, 1.807) is 0 Å². The van der Waals surface area contributed by atoms with Gasteiger partial charge in [-0.25, -0.2) is 0 Å². The van der Waals surface area contributed by atoms with Gasteiger partial charge in [-0.3, -0.25) is 4.90 Å². The molecule has 0 aliphatic carbocycles. The van der Waals surface area contributed by atoms with Crippen LogP contribution in [0, 0.1) is 0 Å². The Bertz CT molecular complexity index is 329. The Kier molecular flexibility index (Phi) is 4.87. The third kappa shape index (κ3) is 4.04. The lowest BCUT2D eigenvalue weighted by atomic mass is 10.1. The standard InChI is InChI=1S/C15H24N2/c1-2-9-16-15-8-6-7-14(12-15)13-17-10-4-3-5-11-17/h6-8,12,16H,2-5,9-11,13H2,1H3. The van der Waals surface area contributed by atoms with Crippen LogP contribution >= 0.6 is 0 Å². The minimum Gasteiger partial charge on any atom is -0.385 e. The number of hydrogen-bond acceptors (Lipinski definition) is 2. The second kappa shape index (κ2) is 6.65. The van der Waals surface area contributed by atoms with Crippen LogP contribution in [0.5, 0.6) is 0 Å². The van der Waals surface area contributed by atoms with Crippen LogP contribution in [0.1, 0.15) is 38.2 Å². The second-order valence-corrected chi connectivity index (χ2v) is 4.96. The van der Waals surface area contributed by atoms with E-state index in [-0.39, 0.29) is 0 Å². The second-order valence-electron chi connectivity index (χ2n) is 4.96. The summed E-state index contributed by atoms with van der Waals surface area (Å²) in [5, 5.41) is 3.45. The first-order chi connectivity index (χ1) is 8.38. The van der Waals surface area contributed by atoms with Gasteiger partial charge >= 0.3 is 0 Å². The number of hydrogen-bond donors (Lipinski definition) is 1. The molecule has 1 aliphatic heterocycles. The highest BCUT2D eigenvalue weighted by Crippen LogP contribution is 2.16. The molecule has 0 unspecified atom stereocenters. The molecule has 94 valence electrons. The molecule has 0 aromatic heterocycles. The summed E-state index contributed by atoms with van der Waals surface area (Å²) >= 11 is 0. The summed E-state index contributed by atoms with van der Waals surface area (Å²) in [6.07, 6.45) is 5.33. The average molecular weight is 232 g/mol. The van der Waals surface area contributed by atoms with Crippen molar-refractivity contribution in [2.45, 2.75) is 39.2 Å². The predicted octanol–water partition coefficient (Wildman–Crippen LogP) is 3.49. The van der Waals surface area contributed by atoms with E-state index in [4.69, 9.17) is 0 Å². The Labute approximate surface area is 105 Å². The van der Waals surface area contributed by atoms with Gasteiger partial charge in [0.1, 0.15) is 0 Å². The van der Waals surface area contributed by atoms with Crippen molar-refractivity contribution in [3.63, 3.8) is 0 Å². The molecule has 1 aromatic rings. The van der Waals surface area contributed by atoms with Crippen LogP contribution in [-0.2, 0) is 6.54 Å². The highest BCUT2D eigenvalue weighted by molar-refractivity contribution is 5.45. The highest BCUT2D eigenvalue weighted by atomic mass is 15.1. The van der Waals surface area contributed by atoms with Crippen LogP contribution in [0.4, 0.5) is 5.69 Å². The summed E-state index contributed by atoms with van der Waals surface area (Å²) in [6.45, 7) is 6.92. The van der Waals surface area contributed by atoms with Gasteiger partial charge in [-0.05, 0) is 50.0 Å². The van der Waals surface area contributed by atoms with E-state index in [1.165, 1.54) is 50.0 Å². The molecule has 0 saturated carbocycles. The fraction of sp³-hybridized carbons (Fsp3) is 0.600. The monoisotopic (exact) mass is 232 g/mol. The predicted molar refractivity (Wildman–Crippen MR) is 74.4 cm³/mol. The van der Waals surface area contributed by atoms with Crippen molar-refractivity contribution in [2.75, 3.05) is 25.0 Å². The summed E-state index contributed by atoms with van der Waals surface area (Å²) < 4.78 is 0. The number of anilines is 1. The number of nitrogens with one attached hydrogen (secondary N) is 1. The molecule has 1 fully saturated rings.